The van der Waals surface area contributed by atoms with Gasteiger partial charge in [-0.15, -0.1) is 0 Å². The Balaban J connectivity index is 3.47. The van der Waals surface area contributed by atoms with Crippen LogP contribution in [0.15, 0.2) is 12.2 Å². The molecule has 0 aromatic carbocycles. The number of amides is 1. The third-order valence-corrected chi connectivity index (χ3v) is 1.15. The zero-order valence-corrected chi connectivity index (χ0v) is 7.09. The van der Waals surface area contributed by atoms with E-state index in [4.69, 9.17) is 5.11 Å². The summed E-state index contributed by atoms with van der Waals surface area (Å²) in [6, 6.07) is 0. The Hall–Kier alpha value is -1.32. The molecule has 0 rings (SSSR count). The van der Waals surface area contributed by atoms with Gasteiger partial charge in [0.25, 0.3) is 0 Å². The Morgan fingerprint density at radius 3 is 2.42 bits per heavy atom. The first-order chi connectivity index (χ1) is 5.52. The summed E-state index contributed by atoms with van der Waals surface area (Å²) >= 11 is 0. The quantitative estimate of drug-likeness (QED) is 0.593. The smallest absolute Gasteiger partial charge is 0.303 e. The third-order valence-electron chi connectivity index (χ3n) is 1.15. The van der Waals surface area contributed by atoms with Crippen molar-refractivity contribution < 1.29 is 14.7 Å². The molecule has 12 heavy (non-hydrogen) atoms. The molecule has 2 N–H and O–H groups in total. The van der Waals surface area contributed by atoms with Crippen LogP contribution in [0, 0.1) is 0 Å². The number of rotatable bonds is 5. The van der Waals surface area contributed by atoms with Gasteiger partial charge in [-0.25, -0.2) is 0 Å². The van der Waals surface area contributed by atoms with Crippen molar-refractivity contribution in [1.29, 1.82) is 0 Å². The summed E-state index contributed by atoms with van der Waals surface area (Å²) in [6.07, 6.45) is -0.0926. The van der Waals surface area contributed by atoms with Gasteiger partial charge in [-0.1, -0.05) is 12.2 Å². The van der Waals surface area contributed by atoms with Crippen LogP contribution in [0.1, 0.15) is 19.8 Å². The van der Waals surface area contributed by atoms with Crippen LogP contribution in [0.2, 0.25) is 0 Å². The van der Waals surface area contributed by atoms with Gasteiger partial charge in [0.1, 0.15) is 0 Å². The molecule has 0 bridgehead atoms. The molecule has 0 saturated heterocycles. The van der Waals surface area contributed by atoms with Crippen LogP contribution in [0.5, 0.6) is 0 Å². The van der Waals surface area contributed by atoms with Crippen molar-refractivity contribution in [2.24, 2.45) is 0 Å². The van der Waals surface area contributed by atoms with Crippen molar-refractivity contribution in [3.8, 4) is 0 Å². The number of aliphatic carboxylic acids is 1. The van der Waals surface area contributed by atoms with Crippen molar-refractivity contribution in [3.63, 3.8) is 0 Å². The topological polar surface area (TPSA) is 66.4 Å². The van der Waals surface area contributed by atoms with Gasteiger partial charge in [-0.3, -0.25) is 9.59 Å². The molecule has 0 fully saturated rings. The maximum Gasteiger partial charge on any atom is 0.303 e. The van der Waals surface area contributed by atoms with E-state index in [1.807, 2.05) is 0 Å². The number of carboxylic acids is 1. The van der Waals surface area contributed by atoms with E-state index in [0.29, 0.717) is 6.54 Å². The first-order valence-electron chi connectivity index (χ1n) is 3.65. The molecule has 0 unspecified atom stereocenters. The SMILES string of the molecule is C=C(C)CNC(=O)CCC(=O)O. The van der Waals surface area contributed by atoms with Crippen molar-refractivity contribution in [1.82, 2.24) is 5.32 Å². The normalized spacial score (nSPS) is 9.08. The second-order valence-electron chi connectivity index (χ2n) is 2.63. The molecular formula is C8H13NO3. The molecule has 0 heterocycles. The van der Waals surface area contributed by atoms with E-state index in [-0.39, 0.29) is 18.7 Å². The van der Waals surface area contributed by atoms with Crippen LogP contribution in [-0.4, -0.2) is 23.5 Å². The summed E-state index contributed by atoms with van der Waals surface area (Å²) in [5.41, 5.74) is 0.846. The Bertz CT molecular complexity index is 178. The molecule has 0 spiro atoms. The van der Waals surface area contributed by atoms with Crippen LogP contribution < -0.4 is 5.32 Å². The van der Waals surface area contributed by atoms with Gasteiger partial charge in [0.2, 0.25) is 5.91 Å². The van der Waals surface area contributed by atoms with E-state index in [1.54, 1.807) is 6.92 Å². The lowest BCUT2D eigenvalue weighted by molar-refractivity contribution is -0.138. The Kier molecular flexibility index (Phi) is 4.76. The molecule has 0 aromatic heterocycles. The van der Waals surface area contributed by atoms with Gasteiger partial charge in [-0.05, 0) is 6.92 Å². The largest absolute Gasteiger partial charge is 0.481 e. The second kappa shape index (κ2) is 5.35. The summed E-state index contributed by atoms with van der Waals surface area (Å²) < 4.78 is 0. The summed E-state index contributed by atoms with van der Waals surface area (Å²) in [5, 5.41) is 10.8. The predicted molar refractivity (Wildman–Crippen MR) is 44.7 cm³/mol. The van der Waals surface area contributed by atoms with Crippen LogP contribution in [0.3, 0.4) is 0 Å². The van der Waals surface area contributed by atoms with Crippen molar-refractivity contribution in [3.05, 3.63) is 12.2 Å². The number of carboxylic acid groups (broad SMARTS) is 1. The molecular weight excluding hydrogens is 158 g/mol. The van der Waals surface area contributed by atoms with Gasteiger partial charge < -0.3 is 10.4 Å². The Labute approximate surface area is 71.3 Å². The van der Waals surface area contributed by atoms with Crippen molar-refractivity contribution in [2.75, 3.05) is 6.54 Å². The van der Waals surface area contributed by atoms with E-state index in [9.17, 15) is 9.59 Å². The van der Waals surface area contributed by atoms with Crippen molar-refractivity contribution >= 4 is 11.9 Å². The zero-order chi connectivity index (χ0) is 9.56. The van der Waals surface area contributed by atoms with Gasteiger partial charge in [-0.2, -0.15) is 0 Å². The molecule has 0 aliphatic rings. The average Bonchev–Trinajstić information content (AvgIpc) is 1.96. The van der Waals surface area contributed by atoms with Crippen LogP contribution >= 0.6 is 0 Å². The van der Waals surface area contributed by atoms with E-state index < -0.39 is 5.97 Å². The Morgan fingerprint density at radius 1 is 1.42 bits per heavy atom. The van der Waals surface area contributed by atoms with Crippen LogP contribution in [-0.2, 0) is 9.59 Å². The maximum atomic E-state index is 10.8. The number of hydrogen-bond donors (Lipinski definition) is 2. The maximum absolute atomic E-state index is 10.8. The summed E-state index contributed by atoms with van der Waals surface area (Å²) in [7, 11) is 0. The molecule has 0 atom stereocenters. The van der Waals surface area contributed by atoms with E-state index in [1.165, 1.54) is 0 Å². The fraction of sp³-hybridized carbons (Fsp3) is 0.500. The van der Waals surface area contributed by atoms with Gasteiger partial charge >= 0.3 is 5.97 Å². The number of hydrogen-bond acceptors (Lipinski definition) is 2. The monoisotopic (exact) mass is 171 g/mol. The van der Waals surface area contributed by atoms with Gasteiger partial charge in [0.15, 0.2) is 0 Å². The predicted octanol–water partition coefficient (Wildman–Crippen LogP) is 0.544. The standard InChI is InChI=1S/C8H13NO3/c1-6(2)5-9-7(10)3-4-8(11)12/h1,3-5H2,2H3,(H,9,10)(H,11,12). The lowest BCUT2D eigenvalue weighted by Gasteiger charge is -2.02. The lowest BCUT2D eigenvalue weighted by Crippen LogP contribution is -2.25. The highest BCUT2D eigenvalue weighted by atomic mass is 16.4. The highest BCUT2D eigenvalue weighted by Gasteiger charge is 2.03. The molecule has 1 amide bonds. The number of carbonyl (C=O) groups excluding carboxylic acids is 1. The van der Waals surface area contributed by atoms with E-state index >= 15 is 0 Å². The highest BCUT2D eigenvalue weighted by Crippen LogP contribution is 1.89. The molecule has 0 aliphatic heterocycles. The lowest BCUT2D eigenvalue weighted by atomic mass is 10.3. The van der Waals surface area contributed by atoms with Crippen molar-refractivity contribution in [2.45, 2.75) is 19.8 Å². The minimum Gasteiger partial charge on any atom is -0.481 e. The summed E-state index contributed by atoms with van der Waals surface area (Å²) in [4.78, 5) is 20.9. The Morgan fingerprint density at radius 2 is 2.00 bits per heavy atom. The number of carbonyl (C=O) groups is 2. The third kappa shape index (κ3) is 6.80. The number of nitrogens with one attached hydrogen (secondary N) is 1. The molecule has 4 heteroatoms. The highest BCUT2D eigenvalue weighted by molar-refractivity contribution is 5.80. The minimum absolute atomic E-state index is 0.0304. The first-order valence-corrected chi connectivity index (χ1v) is 3.65. The van der Waals surface area contributed by atoms with Crippen LogP contribution in [0.25, 0.3) is 0 Å². The van der Waals surface area contributed by atoms with Gasteiger partial charge in [0.05, 0.1) is 6.42 Å². The average molecular weight is 171 g/mol. The second-order valence-corrected chi connectivity index (χ2v) is 2.63. The fourth-order valence-electron chi connectivity index (χ4n) is 0.558. The van der Waals surface area contributed by atoms with E-state index in [0.717, 1.165) is 5.57 Å². The van der Waals surface area contributed by atoms with Gasteiger partial charge in [0, 0.05) is 13.0 Å². The molecule has 0 aliphatic carbocycles. The van der Waals surface area contributed by atoms with Crippen LogP contribution in [0.4, 0.5) is 0 Å². The summed E-state index contributed by atoms with van der Waals surface area (Å²) in [6.45, 7) is 5.80. The zero-order valence-electron chi connectivity index (χ0n) is 7.09. The molecule has 4 nitrogen and oxygen atoms in total. The molecule has 0 saturated carbocycles. The molecule has 68 valence electrons. The first kappa shape index (κ1) is 10.7. The summed E-state index contributed by atoms with van der Waals surface area (Å²) in [5.74, 6) is -1.21. The molecule has 0 radical (unpaired) electrons. The van der Waals surface area contributed by atoms with E-state index in [2.05, 4.69) is 11.9 Å². The minimum atomic E-state index is -0.958. The molecule has 0 aromatic rings. The fourth-order valence-corrected chi connectivity index (χ4v) is 0.558.